The smallest absolute Gasteiger partial charge is 0.407 e. The molecule has 1 aliphatic heterocycles. The fourth-order valence-corrected chi connectivity index (χ4v) is 2.90. The third kappa shape index (κ3) is 2.88. The molecule has 0 aliphatic carbocycles. The van der Waals surface area contributed by atoms with Gasteiger partial charge in [-0.25, -0.2) is 4.79 Å². The van der Waals surface area contributed by atoms with Gasteiger partial charge in [0.15, 0.2) is 0 Å². The molecular formula is C14H16BrN3O2. The van der Waals surface area contributed by atoms with E-state index in [4.69, 9.17) is 5.11 Å². The molecule has 1 aromatic carbocycles. The van der Waals surface area contributed by atoms with E-state index in [0.29, 0.717) is 25.2 Å². The number of piperazine rings is 1. The molecule has 0 radical (unpaired) electrons. The molecule has 0 saturated carbocycles. The normalized spacial score (nSPS) is 18.8. The molecule has 2 rings (SSSR count). The monoisotopic (exact) mass is 337 g/mol. The summed E-state index contributed by atoms with van der Waals surface area (Å²) in [5, 5.41) is 18.4. The molecule has 1 atom stereocenters. The summed E-state index contributed by atoms with van der Waals surface area (Å²) >= 11 is 3.37. The number of carboxylic acid groups (broad SMARTS) is 1. The van der Waals surface area contributed by atoms with E-state index in [-0.39, 0.29) is 6.04 Å². The largest absolute Gasteiger partial charge is 0.465 e. The third-order valence-electron chi connectivity index (χ3n) is 3.61. The van der Waals surface area contributed by atoms with Crippen molar-refractivity contribution in [2.75, 3.05) is 24.5 Å². The summed E-state index contributed by atoms with van der Waals surface area (Å²) < 4.78 is 0.870. The van der Waals surface area contributed by atoms with E-state index in [1.54, 1.807) is 6.07 Å². The lowest BCUT2D eigenvalue weighted by atomic mass is 10.1. The van der Waals surface area contributed by atoms with Crippen LogP contribution < -0.4 is 4.90 Å². The standard InChI is InChI=1S/C14H16BrN3O2/c1-2-12-9-17(14(19)20)5-6-18(12)13-4-3-11(15)7-10(13)8-16/h3-4,7,12H,2,5-6,9H2,1H3,(H,19,20)/t12-/m1/s1. The van der Waals surface area contributed by atoms with E-state index in [0.717, 1.165) is 16.6 Å². The number of nitriles is 1. The number of benzene rings is 1. The zero-order valence-electron chi connectivity index (χ0n) is 11.2. The van der Waals surface area contributed by atoms with Crippen molar-refractivity contribution in [2.24, 2.45) is 0 Å². The molecule has 106 valence electrons. The van der Waals surface area contributed by atoms with E-state index in [1.165, 1.54) is 4.90 Å². The molecule has 1 N–H and O–H groups in total. The Balaban J connectivity index is 2.29. The van der Waals surface area contributed by atoms with Crippen molar-refractivity contribution in [2.45, 2.75) is 19.4 Å². The van der Waals surface area contributed by atoms with Gasteiger partial charge in [-0.2, -0.15) is 5.26 Å². The molecule has 5 nitrogen and oxygen atoms in total. The second-order valence-electron chi connectivity index (χ2n) is 4.76. The SMILES string of the molecule is CC[C@@H]1CN(C(=O)O)CCN1c1ccc(Br)cc1C#N. The van der Waals surface area contributed by atoms with Crippen LogP contribution in [0.15, 0.2) is 22.7 Å². The van der Waals surface area contributed by atoms with Crippen molar-refractivity contribution in [1.29, 1.82) is 5.26 Å². The van der Waals surface area contributed by atoms with Crippen molar-refractivity contribution in [1.82, 2.24) is 4.90 Å². The summed E-state index contributed by atoms with van der Waals surface area (Å²) in [6.45, 7) is 3.59. The summed E-state index contributed by atoms with van der Waals surface area (Å²) in [7, 11) is 0. The van der Waals surface area contributed by atoms with Crippen molar-refractivity contribution in [3.05, 3.63) is 28.2 Å². The predicted octanol–water partition coefficient (Wildman–Crippen LogP) is 2.90. The van der Waals surface area contributed by atoms with E-state index < -0.39 is 6.09 Å². The Hall–Kier alpha value is -1.74. The molecule has 1 heterocycles. The third-order valence-corrected chi connectivity index (χ3v) is 4.11. The van der Waals surface area contributed by atoms with Crippen LogP contribution in [0.5, 0.6) is 0 Å². The molecule has 0 unspecified atom stereocenters. The van der Waals surface area contributed by atoms with Gasteiger partial charge in [-0.3, -0.25) is 0 Å². The molecule has 0 aromatic heterocycles. The van der Waals surface area contributed by atoms with Gasteiger partial charge in [0.1, 0.15) is 6.07 Å². The van der Waals surface area contributed by atoms with Crippen LogP contribution in [-0.2, 0) is 0 Å². The number of hydrogen-bond donors (Lipinski definition) is 1. The first-order chi connectivity index (χ1) is 9.56. The van der Waals surface area contributed by atoms with Crippen LogP contribution >= 0.6 is 15.9 Å². The zero-order valence-corrected chi connectivity index (χ0v) is 12.8. The first kappa shape index (κ1) is 14.7. The van der Waals surface area contributed by atoms with E-state index >= 15 is 0 Å². The quantitative estimate of drug-likeness (QED) is 0.900. The van der Waals surface area contributed by atoms with Gasteiger partial charge in [-0.15, -0.1) is 0 Å². The van der Waals surface area contributed by atoms with Gasteiger partial charge in [0, 0.05) is 30.1 Å². The second kappa shape index (κ2) is 6.14. The maximum absolute atomic E-state index is 11.1. The highest BCUT2D eigenvalue weighted by Crippen LogP contribution is 2.28. The van der Waals surface area contributed by atoms with Crippen molar-refractivity contribution >= 4 is 27.7 Å². The Morgan fingerprint density at radius 2 is 2.30 bits per heavy atom. The van der Waals surface area contributed by atoms with Crippen molar-refractivity contribution < 1.29 is 9.90 Å². The molecule has 20 heavy (non-hydrogen) atoms. The highest BCUT2D eigenvalue weighted by molar-refractivity contribution is 9.10. The van der Waals surface area contributed by atoms with Gasteiger partial charge in [-0.05, 0) is 24.6 Å². The number of hydrogen-bond acceptors (Lipinski definition) is 3. The number of rotatable bonds is 2. The number of nitrogens with zero attached hydrogens (tertiary/aromatic N) is 3. The molecule has 1 saturated heterocycles. The van der Waals surface area contributed by atoms with Gasteiger partial charge >= 0.3 is 6.09 Å². The molecule has 1 amide bonds. The molecule has 0 spiro atoms. The Labute approximate surface area is 126 Å². The lowest BCUT2D eigenvalue weighted by Crippen LogP contribution is -2.54. The summed E-state index contributed by atoms with van der Waals surface area (Å²) in [6.07, 6.45) is -0.0375. The minimum Gasteiger partial charge on any atom is -0.465 e. The minimum atomic E-state index is -0.876. The van der Waals surface area contributed by atoms with Gasteiger partial charge in [0.2, 0.25) is 0 Å². The van der Waals surface area contributed by atoms with Gasteiger partial charge in [0.05, 0.1) is 11.3 Å². The number of carbonyl (C=O) groups is 1. The Kier molecular flexibility index (Phi) is 4.50. The summed E-state index contributed by atoms with van der Waals surface area (Å²) in [6, 6.07) is 7.94. The summed E-state index contributed by atoms with van der Waals surface area (Å²) in [5.41, 5.74) is 1.49. The maximum atomic E-state index is 11.1. The van der Waals surface area contributed by atoms with Crippen LogP contribution in [0, 0.1) is 11.3 Å². The number of amides is 1. The number of anilines is 1. The highest BCUT2D eigenvalue weighted by atomic mass is 79.9. The second-order valence-corrected chi connectivity index (χ2v) is 5.67. The summed E-state index contributed by atoms with van der Waals surface area (Å²) in [5.74, 6) is 0. The van der Waals surface area contributed by atoms with E-state index in [1.807, 2.05) is 19.1 Å². The van der Waals surface area contributed by atoms with E-state index in [9.17, 15) is 10.1 Å². The first-order valence-electron chi connectivity index (χ1n) is 6.51. The minimum absolute atomic E-state index is 0.105. The average molecular weight is 338 g/mol. The molecule has 1 fully saturated rings. The fourth-order valence-electron chi connectivity index (χ4n) is 2.54. The number of halogens is 1. The Morgan fingerprint density at radius 3 is 2.90 bits per heavy atom. The van der Waals surface area contributed by atoms with Crippen LogP contribution in [0.2, 0.25) is 0 Å². The molecule has 1 aromatic rings. The van der Waals surface area contributed by atoms with Gasteiger partial charge < -0.3 is 14.9 Å². The Bertz CT molecular complexity index is 556. The molecular weight excluding hydrogens is 322 g/mol. The van der Waals surface area contributed by atoms with E-state index in [2.05, 4.69) is 26.9 Å². The van der Waals surface area contributed by atoms with Crippen LogP contribution in [0.4, 0.5) is 10.5 Å². The predicted molar refractivity (Wildman–Crippen MR) is 79.9 cm³/mol. The maximum Gasteiger partial charge on any atom is 0.407 e. The average Bonchev–Trinajstić information content (AvgIpc) is 2.46. The van der Waals surface area contributed by atoms with Crippen LogP contribution in [0.1, 0.15) is 18.9 Å². The van der Waals surface area contributed by atoms with Crippen LogP contribution in [0.25, 0.3) is 0 Å². The zero-order chi connectivity index (χ0) is 14.7. The molecule has 0 bridgehead atoms. The van der Waals surface area contributed by atoms with Crippen molar-refractivity contribution in [3.8, 4) is 6.07 Å². The molecule has 6 heteroatoms. The van der Waals surface area contributed by atoms with Gasteiger partial charge in [0.25, 0.3) is 0 Å². The van der Waals surface area contributed by atoms with Crippen LogP contribution in [-0.4, -0.2) is 41.8 Å². The van der Waals surface area contributed by atoms with Gasteiger partial charge in [-0.1, -0.05) is 22.9 Å². The highest BCUT2D eigenvalue weighted by Gasteiger charge is 2.29. The van der Waals surface area contributed by atoms with Crippen molar-refractivity contribution in [3.63, 3.8) is 0 Å². The lowest BCUT2D eigenvalue weighted by Gasteiger charge is -2.41. The molecule has 1 aliphatic rings. The fraction of sp³-hybridized carbons (Fsp3) is 0.429. The van der Waals surface area contributed by atoms with Crippen LogP contribution in [0.3, 0.4) is 0 Å². The lowest BCUT2D eigenvalue weighted by molar-refractivity contribution is 0.134. The summed E-state index contributed by atoms with van der Waals surface area (Å²) in [4.78, 5) is 14.7. The topological polar surface area (TPSA) is 67.6 Å². The first-order valence-corrected chi connectivity index (χ1v) is 7.30. The Morgan fingerprint density at radius 1 is 1.55 bits per heavy atom.